The summed E-state index contributed by atoms with van der Waals surface area (Å²) in [6.45, 7) is 9.95. The van der Waals surface area contributed by atoms with Gasteiger partial charge in [-0.2, -0.15) is 0 Å². The van der Waals surface area contributed by atoms with Crippen LogP contribution in [0.15, 0.2) is 24.3 Å². The number of aryl methyl sites for hydroxylation is 2. The Balaban J connectivity index is 1.42. The van der Waals surface area contributed by atoms with Crippen molar-refractivity contribution in [2.24, 2.45) is 0 Å². The first-order valence-electron chi connectivity index (χ1n) is 19.8. The Kier molecular flexibility index (Phi) is 17.4. The van der Waals surface area contributed by atoms with Gasteiger partial charge in [0.05, 0.1) is 34.1 Å². The van der Waals surface area contributed by atoms with E-state index in [0.29, 0.717) is 24.3 Å². The molecule has 1 aromatic carbocycles. The van der Waals surface area contributed by atoms with Gasteiger partial charge in [-0.3, -0.25) is 14.5 Å². The van der Waals surface area contributed by atoms with Crippen molar-refractivity contribution in [2.75, 3.05) is 20.3 Å². The minimum atomic E-state index is -0.237. The number of thiophene rings is 2. The third-order valence-corrected chi connectivity index (χ3v) is 12.3. The van der Waals surface area contributed by atoms with E-state index in [9.17, 15) is 9.59 Å². The molecule has 1 aliphatic rings. The molecule has 4 rings (SSSR count). The lowest BCUT2D eigenvalue weighted by Gasteiger charge is -2.09. The summed E-state index contributed by atoms with van der Waals surface area (Å²) in [5, 5.41) is 0. The third kappa shape index (κ3) is 11.4. The molecule has 2 aromatic heterocycles. The minimum absolute atomic E-state index is 0.227. The summed E-state index contributed by atoms with van der Waals surface area (Å²) < 4.78 is 13.0. The molecule has 0 atom stereocenters. The van der Waals surface area contributed by atoms with E-state index >= 15 is 0 Å². The molecule has 5 nitrogen and oxygen atoms in total. The molecule has 276 valence electrons. The molecule has 0 saturated carbocycles. The summed E-state index contributed by atoms with van der Waals surface area (Å²) in [4.78, 5) is 31.8. The van der Waals surface area contributed by atoms with Crippen LogP contribution in [0.5, 0.6) is 11.5 Å². The van der Waals surface area contributed by atoms with Crippen LogP contribution in [0.3, 0.4) is 0 Å². The Morgan fingerprint density at radius 3 is 1.52 bits per heavy atom. The molecule has 0 bridgehead atoms. The summed E-state index contributed by atoms with van der Waals surface area (Å²) >= 11 is 3.37. The second-order valence-electron chi connectivity index (χ2n) is 14.3. The zero-order chi connectivity index (χ0) is 35.7. The van der Waals surface area contributed by atoms with Gasteiger partial charge in [-0.05, 0) is 44.4 Å². The zero-order valence-corrected chi connectivity index (χ0v) is 33.4. The molecule has 0 radical (unpaired) electrons. The largest absolute Gasteiger partial charge is 0.492 e. The van der Waals surface area contributed by atoms with Gasteiger partial charge in [0.2, 0.25) is 0 Å². The van der Waals surface area contributed by atoms with Crippen LogP contribution >= 0.6 is 22.7 Å². The van der Waals surface area contributed by atoms with E-state index in [-0.39, 0.29) is 11.8 Å². The van der Waals surface area contributed by atoms with Crippen LogP contribution in [-0.2, 0) is 0 Å². The van der Waals surface area contributed by atoms with Crippen molar-refractivity contribution < 1.29 is 19.1 Å². The van der Waals surface area contributed by atoms with Crippen molar-refractivity contribution in [3.05, 3.63) is 45.8 Å². The molecule has 3 aromatic rings. The molecule has 0 fully saturated rings. The van der Waals surface area contributed by atoms with E-state index in [1.54, 1.807) is 29.7 Å². The van der Waals surface area contributed by atoms with Gasteiger partial charge in [0, 0.05) is 22.4 Å². The van der Waals surface area contributed by atoms with Crippen molar-refractivity contribution >= 4 is 34.5 Å². The lowest BCUT2D eigenvalue weighted by molar-refractivity contribution is 0.0693. The highest BCUT2D eigenvalue weighted by Gasteiger charge is 2.37. The van der Waals surface area contributed by atoms with Gasteiger partial charge >= 0.3 is 0 Å². The second kappa shape index (κ2) is 21.7. The number of unbranched alkanes of at least 4 members (excludes halogenated alkanes) is 18. The third-order valence-electron chi connectivity index (χ3n) is 9.95. The molecule has 50 heavy (non-hydrogen) atoms. The molecule has 0 aliphatic carbocycles. The summed E-state index contributed by atoms with van der Waals surface area (Å²) in [7, 11) is 1.57. The van der Waals surface area contributed by atoms with Gasteiger partial charge in [-0.1, -0.05) is 142 Å². The van der Waals surface area contributed by atoms with E-state index in [2.05, 4.69) is 32.9 Å². The number of ether oxygens (including phenoxy) is 2. The maximum atomic E-state index is 13.3. The fourth-order valence-corrected chi connectivity index (χ4v) is 9.14. The highest BCUT2D eigenvalue weighted by atomic mass is 32.1. The molecular formula is C43H63NO4S2. The first kappa shape index (κ1) is 40.1. The van der Waals surface area contributed by atoms with Crippen LogP contribution < -0.4 is 9.47 Å². The monoisotopic (exact) mass is 721 g/mol. The standard InChI is InChI=1S/C43H63NO4S2/c1-6-8-10-12-14-16-18-20-22-24-28-47-35-30-33(4)49-40(35)41-36(48-29-25-23-21-19-17-15-13-11-9-7-2)31-37(50-41)34-27-26-32(3)38-39(34)43(46)44(5)42(38)45/h26-27,30-31H,6-25,28-29H2,1-5H3. The van der Waals surface area contributed by atoms with Gasteiger partial charge in [-0.25, -0.2) is 0 Å². The van der Waals surface area contributed by atoms with Gasteiger partial charge < -0.3 is 9.47 Å². The molecule has 7 heteroatoms. The van der Waals surface area contributed by atoms with Gasteiger partial charge in [0.1, 0.15) is 11.5 Å². The fraction of sp³-hybridized carbons (Fsp3) is 0.628. The number of carbonyl (C=O) groups excluding carboxylic acids is 2. The van der Waals surface area contributed by atoms with Gasteiger partial charge in [0.15, 0.2) is 0 Å². The van der Waals surface area contributed by atoms with Crippen LogP contribution in [0.4, 0.5) is 0 Å². The van der Waals surface area contributed by atoms with E-state index < -0.39 is 0 Å². The Morgan fingerprint density at radius 2 is 1.00 bits per heavy atom. The zero-order valence-electron chi connectivity index (χ0n) is 31.8. The van der Waals surface area contributed by atoms with Crippen LogP contribution in [0.1, 0.15) is 173 Å². The first-order chi connectivity index (χ1) is 24.4. The first-order valence-corrected chi connectivity index (χ1v) is 21.5. The number of hydrogen-bond acceptors (Lipinski definition) is 6. The Labute approximate surface area is 311 Å². The molecule has 0 N–H and O–H groups in total. The lowest BCUT2D eigenvalue weighted by atomic mass is 9.97. The normalized spacial score (nSPS) is 12.7. The molecule has 1 aliphatic heterocycles. The number of nitrogens with zero attached hydrogens (tertiary/aromatic N) is 1. The number of fused-ring (bicyclic) bond motifs is 1. The molecule has 0 saturated heterocycles. The van der Waals surface area contributed by atoms with Crippen LogP contribution in [-0.4, -0.2) is 37.0 Å². The number of hydrogen-bond donors (Lipinski definition) is 0. The predicted molar refractivity (Wildman–Crippen MR) is 214 cm³/mol. The van der Waals surface area contributed by atoms with Crippen LogP contribution in [0, 0.1) is 13.8 Å². The Morgan fingerprint density at radius 1 is 0.560 bits per heavy atom. The summed E-state index contributed by atoms with van der Waals surface area (Å²) in [6, 6.07) is 8.18. The van der Waals surface area contributed by atoms with Gasteiger partial charge in [0.25, 0.3) is 11.8 Å². The summed E-state index contributed by atoms with van der Waals surface area (Å²) in [5.41, 5.74) is 2.66. The number of imide groups is 1. The molecular weight excluding hydrogens is 659 g/mol. The van der Waals surface area contributed by atoms with Crippen molar-refractivity contribution in [3.63, 3.8) is 0 Å². The van der Waals surface area contributed by atoms with E-state index in [1.165, 1.54) is 125 Å². The number of amides is 2. The molecule has 0 spiro atoms. The highest BCUT2D eigenvalue weighted by Crippen LogP contribution is 2.50. The second-order valence-corrected chi connectivity index (χ2v) is 16.6. The number of benzene rings is 1. The maximum absolute atomic E-state index is 13.3. The van der Waals surface area contributed by atoms with Crippen molar-refractivity contribution in [1.29, 1.82) is 0 Å². The van der Waals surface area contributed by atoms with Crippen molar-refractivity contribution in [2.45, 2.75) is 156 Å². The molecule has 2 amide bonds. The maximum Gasteiger partial charge on any atom is 0.261 e. The minimum Gasteiger partial charge on any atom is -0.492 e. The summed E-state index contributed by atoms with van der Waals surface area (Å²) in [5.74, 6) is 1.29. The Hall–Kier alpha value is -2.64. The topological polar surface area (TPSA) is 55.8 Å². The number of rotatable bonds is 26. The SMILES string of the molecule is CCCCCCCCCCCCOc1cc(C)sc1-c1sc(-c2ccc(C)c3c2C(=O)N(C)C3=O)cc1OCCCCCCCCCCCC. The summed E-state index contributed by atoms with van der Waals surface area (Å²) in [6.07, 6.45) is 25.8. The highest BCUT2D eigenvalue weighted by molar-refractivity contribution is 7.24. The van der Waals surface area contributed by atoms with E-state index in [1.807, 2.05) is 19.1 Å². The molecule has 0 unspecified atom stereocenters. The molecule has 3 heterocycles. The predicted octanol–water partition coefficient (Wildman–Crippen LogP) is 13.6. The lowest BCUT2D eigenvalue weighted by Crippen LogP contribution is -2.24. The van der Waals surface area contributed by atoms with E-state index in [0.717, 1.165) is 50.1 Å². The van der Waals surface area contributed by atoms with Crippen molar-refractivity contribution in [1.82, 2.24) is 4.90 Å². The van der Waals surface area contributed by atoms with E-state index in [4.69, 9.17) is 9.47 Å². The van der Waals surface area contributed by atoms with Crippen molar-refractivity contribution in [3.8, 4) is 31.7 Å². The van der Waals surface area contributed by atoms with Crippen LogP contribution in [0.25, 0.3) is 20.2 Å². The number of carbonyl (C=O) groups is 2. The quantitative estimate of drug-likeness (QED) is 0.0612. The average molecular weight is 722 g/mol. The smallest absolute Gasteiger partial charge is 0.261 e. The fourth-order valence-electron chi connectivity index (χ4n) is 6.91. The average Bonchev–Trinajstić information content (AvgIpc) is 3.76. The Bertz CT molecular complexity index is 1490. The van der Waals surface area contributed by atoms with Crippen LogP contribution in [0.2, 0.25) is 0 Å². The van der Waals surface area contributed by atoms with Gasteiger partial charge in [-0.15, -0.1) is 22.7 Å².